The third-order valence-corrected chi connectivity index (χ3v) is 8.04. The summed E-state index contributed by atoms with van der Waals surface area (Å²) in [5.41, 5.74) is 10.4. The molecule has 1 atom stereocenters. The molecule has 0 fully saturated rings. The normalized spacial score (nSPS) is 12.7. The average Bonchev–Trinajstić information content (AvgIpc) is 3.36. The fourth-order valence-corrected chi connectivity index (χ4v) is 6.07. The summed E-state index contributed by atoms with van der Waals surface area (Å²) in [5.74, 6) is 0.411. The van der Waals surface area contributed by atoms with Crippen molar-refractivity contribution >= 4 is 27.4 Å². The highest BCUT2D eigenvalue weighted by Crippen LogP contribution is 2.34. The van der Waals surface area contributed by atoms with Crippen LogP contribution in [-0.4, -0.2) is 4.57 Å². The van der Waals surface area contributed by atoms with Crippen molar-refractivity contribution in [2.75, 3.05) is 0 Å². The molecule has 1 heteroatoms. The molecule has 1 aromatic heterocycles. The van der Waals surface area contributed by atoms with Gasteiger partial charge in [0.1, 0.15) is 0 Å². The number of allylic oxidation sites excluding steroid dienone is 2. The number of fused-ring (bicyclic) bond motifs is 3. The first-order valence-electron chi connectivity index (χ1n) is 14.7. The second-order valence-electron chi connectivity index (χ2n) is 10.7. The molecule has 6 aromatic rings. The highest BCUT2D eigenvalue weighted by molar-refractivity contribution is 6.09. The molecule has 5 aromatic carbocycles. The van der Waals surface area contributed by atoms with Crippen LogP contribution >= 0.6 is 0 Å². The Balaban J connectivity index is 1.34. The number of rotatable bonds is 9. The molecule has 0 aliphatic heterocycles. The summed E-state index contributed by atoms with van der Waals surface area (Å²) >= 11 is 0. The van der Waals surface area contributed by atoms with E-state index in [-0.39, 0.29) is 0 Å². The van der Waals surface area contributed by atoms with Crippen LogP contribution in [-0.2, 0) is 0 Å². The largest absolute Gasteiger partial charge is 0.309 e. The summed E-state index contributed by atoms with van der Waals surface area (Å²) < 4.78 is 2.39. The van der Waals surface area contributed by atoms with Crippen LogP contribution in [0, 0.1) is 0 Å². The van der Waals surface area contributed by atoms with Gasteiger partial charge >= 0.3 is 0 Å². The molecule has 6 rings (SSSR count). The first kappa shape index (κ1) is 25.9. The molecule has 0 aliphatic carbocycles. The van der Waals surface area contributed by atoms with E-state index in [1.54, 1.807) is 0 Å². The van der Waals surface area contributed by atoms with Gasteiger partial charge in [-0.15, -0.1) is 0 Å². The lowest BCUT2D eigenvalue weighted by molar-refractivity contribution is 0.716. The Kier molecular flexibility index (Phi) is 7.64. The molecule has 0 amide bonds. The van der Waals surface area contributed by atoms with Gasteiger partial charge in [0.15, 0.2) is 0 Å². The number of aromatic nitrogens is 1. The van der Waals surface area contributed by atoms with Crippen LogP contribution in [0.3, 0.4) is 0 Å². The first-order chi connectivity index (χ1) is 19.8. The minimum Gasteiger partial charge on any atom is -0.309 e. The minimum atomic E-state index is 0.411. The maximum absolute atomic E-state index is 2.54. The summed E-state index contributed by atoms with van der Waals surface area (Å²) in [4.78, 5) is 0. The first-order valence-corrected chi connectivity index (χ1v) is 14.7. The van der Waals surface area contributed by atoms with Gasteiger partial charge in [-0.1, -0.05) is 136 Å². The Hall–Kier alpha value is -4.36. The molecule has 198 valence electrons. The van der Waals surface area contributed by atoms with Gasteiger partial charge in [0.25, 0.3) is 0 Å². The maximum atomic E-state index is 2.54. The molecule has 0 N–H and O–H groups in total. The van der Waals surface area contributed by atoms with Crippen molar-refractivity contribution < 1.29 is 0 Å². The summed E-state index contributed by atoms with van der Waals surface area (Å²) in [7, 11) is 0. The van der Waals surface area contributed by atoms with Crippen molar-refractivity contribution in [1.29, 1.82) is 0 Å². The van der Waals surface area contributed by atoms with Gasteiger partial charge in [-0.3, -0.25) is 0 Å². The Morgan fingerprint density at radius 3 is 1.77 bits per heavy atom. The molecule has 1 heterocycles. The zero-order valence-electron chi connectivity index (χ0n) is 23.6. The third-order valence-electron chi connectivity index (χ3n) is 8.04. The van der Waals surface area contributed by atoms with E-state index in [0.717, 1.165) is 25.7 Å². The lowest BCUT2D eigenvalue weighted by atomic mass is 9.88. The number of hydrogen-bond donors (Lipinski definition) is 0. The predicted molar refractivity (Wildman–Crippen MR) is 173 cm³/mol. The van der Waals surface area contributed by atoms with Crippen molar-refractivity contribution in [3.8, 4) is 16.8 Å². The highest BCUT2D eigenvalue weighted by Gasteiger charge is 2.14. The van der Waals surface area contributed by atoms with E-state index in [4.69, 9.17) is 0 Å². The monoisotopic (exact) mass is 519 g/mol. The van der Waals surface area contributed by atoms with Gasteiger partial charge in [0.2, 0.25) is 0 Å². The quantitative estimate of drug-likeness (QED) is 0.179. The lowest BCUT2D eigenvalue weighted by Crippen LogP contribution is -1.98. The van der Waals surface area contributed by atoms with E-state index in [0.29, 0.717) is 5.92 Å². The number of nitrogens with zero attached hydrogens (tertiary/aromatic N) is 1. The summed E-state index contributed by atoms with van der Waals surface area (Å²) in [5, 5.41) is 2.60. The zero-order valence-corrected chi connectivity index (χ0v) is 23.6. The van der Waals surface area contributed by atoms with Gasteiger partial charge in [-0.2, -0.15) is 0 Å². The molecule has 1 nitrogen and oxygen atoms in total. The van der Waals surface area contributed by atoms with Crippen molar-refractivity contribution in [1.82, 2.24) is 4.57 Å². The average molecular weight is 520 g/mol. The molecule has 0 saturated heterocycles. The molecule has 0 radical (unpaired) electrons. The van der Waals surface area contributed by atoms with E-state index in [1.165, 1.54) is 55.3 Å². The van der Waals surface area contributed by atoms with Gasteiger partial charge in [-0.25, -0.2) is 0 Å². The van der Waals surface area contributed by atoms with Crippen LogP contribution in [0.15, 0.2) is 133 Å². The van der Waals surface area contributed by atoms with Crippen molar-refractivity contribution in [2.24, 2.45) is 0 Å². The van der Waals surface area contributed by atoms with Gasteiger partial charge in [0, 0.05) is 22.4 Å². The summed E-state index contributed by atoms with van der Waals surface area (Å²) in [6, 6.07) is 46.5. The van der Waals surface area contributed by atoms with E-state index >= 15 is 0 Å². The summed E-state index contributed by atoms with van der Waals surface area (Å²) in [6.45, 7) is 4.57. The Labute approximate surface area is 238 Å². The van der Waals surface area contributed by atoms with Crippen LogP contribution in [0.25, 0.3) is 44.2 Å². The predicted octanol–water partition coefficient (Wildman–Crippen LogP) is 11.2. The van der Waals surface area contributed by atoms with E-state index < -0.39 is 0 Å². The second-order valence-corrected chi connectivity index (χ2v) is 10.7. The molecule has 0 saturated carbocycles. The van der Waals surface area contributed by atoms with Crippen molar-refractivity contribution in [3.05, 3.63) is 145 Å². The zero-order chi connectivity index (χ0) is 27.3. The SMILES string of the molecule is CCC/C(=C\C(CCC)c1ccc(-c2ccccc2)cc1)c1ccc(-n2c3ccccc3c3ccccc32)cc1. The van der Waals surface area contributed by atoms with Crippen LogP contribution in [0.5, 0.6) is 0 Å². The Bertz CT molecular complexity index is 1680. The molecule has 40 heavy (non-hydrogen) atoms. The fourth-order valence-electron chi connectivity index (χ4n) is 6.07. The van der Waals surface area contributed by atoms with E-state index in [1.807, 2.05) is 0 Å². The van der Waals surface area contributed by atoms with Crippen LogP contribution < -0.4 is 0 Å². The third kappa shape index (κ3) is 5.12. The van der Waals surface area contributed by atoms with Crippen LogP contribution in [0.2, 0.25) is 0 Å². The van der Waals surface area contributed by atoms with Gasteiger partial charge in [0.05, 0.1) is 11.0 Å². The molecular formula is C39H37N. The highest BCUT2D eigenvalue weighted by atomic mass is 15.0. The second kappa shape index (κ2) is 11.8. The van der Waals surface area contributed by atoms with Crippen LogP contribution in [0.4, 0.5) is 0 Å². The van der Waals surface area contributed by atoms with Crippen molar-refractivity contribution in [2.45, 2.75) is 45.4 Å². The number of para-hydroxylation sites is 2. The molecule has 0 spiro atoms. The number of benzene rings is 5. The topological polar surface area (TPSA) is 4.93 Å². The van der Waals surface area contributed by atoms with Gasteiger partial charge in [-0.05, 0) is 64.9 Å². The molecule has 0 aliphatic rings. The van der Waals surface area contributed by atoms with E-state index in [9.17, 15) is 0 Å². The Morgan fingerprint density at radius 2 is 1.18 bits per heavy atom. The summed E-state index contributed by atoms with van der Waals surface area (Å²) in [6.07, 6.45) is 7.06. The van der Waals surface area contributed by atoms with Crippen LogP contribution in [0.1, 0.15) is 56.6 Å². The fraction of sp³-hybridized carbons (Fsp3) is 0.179. The van der Waals surface area contributed by atoms with E-state index in [2.05, 4.69) is 152 Å². The molecule has 1 unspecified atom stereocenters. The molecular weight excluding hydrogens is 482 g/mol. The molecule has 0 bridgehead atoms. The maximum Gasteiger partial charge on any atom is 0.0541 e. The number of hydrogen-bond acceptors (Lipinski definition) is 0. The Morgan fingerprint density at radius 1 is 0.600 bits per heavy atom. The smallest absolute Gasteiger partial charge is 0.0541 e. The van der Waals surface area contributed by atoms with Crippen molar-refractivity contribution in [3.63, 3.8) is 0 Å². The standard InChI is InChI=1S/C39H37N/c1-3-12-33(31-22-20-30(21-23-31)29-14-6-5-7-15-29)28-34(13-4-2)32-24-26-35(27-25-32)40-38-18-10-8-16-36(38)37-17-9-11-19-39(37)40/h5-11,14-28,33H,3-4,12-13H2,1-2H3/b34-28+. The lowest BCUT2D eigenvalue weighted by Gasteiger charge is -2.17. The minimum absolute atomic E-state index is 0.411. The van der Waals surface area contributed by atoms with Gasteiger partial charge < -0.3 is 4.57 Å².